The van der Waals surface area contributed by atoms with Crippen molar-refractivity contribution in [3.63, 3.8) is 0 Å². The first kappa shape index (κ1) is 17.8. The number of ether oxygens (including phenoxy) is 1. The molecule has 144 valence electrons. The van der Waals surface area contributed by atoms with Crippen molar-refractivity contribution < 1.29 is 14.3 Å². The number of amides is 2. The third-order valence-electron chi connectivity index (χ3n) is 5.41. The number of carbonyl (C=O) groups is 2. The van der Waals surface area contributed by atoms with E-state index in [1.54, 1.807) is 7.11 Å². The zero-order valence-electron chi connectivity index (χ0n) is 15.7. The Morgan fingerprint density at radius 1 is 1.30 bits per heavy atom. The molecule has 2 N–H and O–H groups in total. The van der Waals surface area contributed by atoms with Gasteiger partial charge in [0, 0.05) is 31.5 Å². The van der Waals surface area contributed by atoms with E-state index >= 15 is 0 Å². The van der Waals surface area contributed by atoms with Crippen LogP contribution in [0.3, 0.4) is 0 Å². The monoisotopic (exact) mass is 370 g/mol. The van der Waals surface area contributed by atoms with E-state index in [4.69, 9.17) is 4.74 Å². The second-order valence-corrected chi connectivity index (χ2v) is 7.43. The van der Waals surface area contributed by atoms with Gasteiger partial charge in [-0.3, -0.25) is 9.59 Å². The number of fused-ring (bicyclic) bond motifs is 1. The highest BCUT2D eigenvalue weighted by atomic mass is 16.5. The third-order valence-corrected chi connectivity index (χ3v) is 5.41. The minimum Gasteiger partial charge on any atom is -0.497 e. The van der Waals surface area contributed by atoms with Gasteiger partial charge in [-0.1, -0.05) is 0 Å². The molecular formula is C20H26N4O3. The molecule has 0 unspecified atom stereocenters. The molecule has 0 spiro atoms. The normalized spacial score (nSPS) is 19.9. The van der Waals surface area contributed by atoms with Crippen LogP contribution in [0, 0.1) is 5.92 Å². The van der Waals surface area contributed by atoms with Crippen LogP contribution in [0.2, 0.25) is 0 Å². The molecule has 1 aromatic heterocycles. The fourth-order valence-corrected chi connectivity index (χ4v) is 3.74. The van der Waals surface area contributed by atoms with E-state index in [2.05, 4.69) is 15.3 Å². The molecule has 27 heavy (non-hydrogen) atoms. The Labute approximate surface area is 158 Å². The number of methoxy groups -OCH3 is 1. The Bertz CT molecular complexity index is 843. The van der Waals surface area contributed by atoms with Crippen LogP contribution in [0.4, 0.5) is 0 Å². The van der Waals surface area contributed by atoms with Gasteiger partial charge in [-0.25, -0.2) is 4.98 Å². The Balaban J connectivity index is 1.33. The van der Waals surface area contributed by atoms with Crippen molar-refractivity contribution in [2.75, 3.05) is 20.2 Å². The van der Waals surface area contributed by atoms with Crippen molar-refractivity contribution in [2.24, 2.45) is 5.92 Å². The first-order valence-electron chi connectivity index (χ1n) is 9.76. The maximum Gasteiger partial charge on any atom is 0.242 e. The van der Waals surface area contributed by atoms with Crippen LogP contribution >= 0.6 is 0 Å². The molecule has 7 nitrogen and oxygen atoms in total. The van der Waals surface area contributed by atoms with Crippen molar-refractivity contribution in [3.8, 4) is 5.75 Å². The van der Waals surface area contributed by atoms with Crippen molar-refractivity contribution in [1.82, 2.24) is 20.2 Å². The average molecular weight is 370 g/mol. The minimum atomic E-state index is -0.313. The lowest BCUT2D eigenvalue weighted by molar-refractivity contribution is -0.143. The van der Waals surface area contributed by atoms with Crippen LogP contribution in [0.15, 0.2) is 18.2 Å². The molecule has 2 fully saturated rings. The summed E-state index contributed by atoms with van der Waals surface area (Å²) in [6.07, 6.45) is 5.31. The Morgan fingerprint density at radius 3 is 2.93 bits per heavy atom. The number of piperidine rings is 1. The fourth-order valence-electron chi connectivity index (χ4n) is 3.74. The maximum atomic E-state index is 12.6. The van der Waals surface area contributed by atoms with Gasteiger partial charge < -0.3 is 19.9 Å². The first-order valence-corrected chi connectivity index (χ1v) is 9.76. The number of likely N-dealkylation sites (tertiary alicyclic amines) is 1. The molecular weight excluding hydrogens is 344 g/mol. The smallest absolute Gasteiger partial charge is 0.242 e. The van der Waals surface area contributed by atoms with E-state index in [9.17, 15) is 9.59 Å². The number of nitrogens with zero attached hydrogens (tertiary/aromatic N) is 2. The van der Waals surface area contributed by atoms with Gasteiger partial charge in [0.15, 0.2) is 0 Å². The van der Waals surface area contributed by atoms with Crippen molar-refractivity contribution >= 4 is 22.8 Å². The quantitative estimate of drug-likeness (QED) is 0.814. The molecule has 2 amide bonds. The summed E-state index contributed by atoms with van der Waals surface area (Å²) >= 11 is 0. The fraction of sp³-hybridized carbons (Fsp3) is 0.550. The molecule has 0 radical (unpaired) electrons. The Morgan fingerprint density at radius 2 is 2.15 bits per heavy atom. The largest absolute Gasteiger partial charge is 0.497 e. The molecule has 1 aromatic carbocycles. The zero-order chi connectivity index (χ0) is 18.8. The highest BCUT2D eigenvalue weighted by molar-refractivity contribution is 5.89. The molecule has 1 aliphatic heterocycles. The number of H-pyrrole nitrogens is 1. The number of nitrogens with one attached hydrogen (secondary N) is 2. The number of rotatable bonds is 6. The van der Waals surface area contributed by atoms with E-state index in [1.807, 2.05) is 23.1 Å². The molecule has 7 heteroatoms. The van der Waals surface area contributed by atoms with Crippen LogP contribution in [0.25, 0.3) is 11.0 Å². The summed E-state index contributed by atoms with van der Waals surface area (Å²) < 4.78 is 5.22. The van der Waals surface area contributed by atoms with Crippen LogP contribution in [0.1, 0.15) is 37.9 Å². The first-order chi connectivity index (χ1) is 13.2. The lowest BCUT2D eigenvalue weighted by Gasteiger charge is -2.34. The summed E-state index contributed by atoms with van der Waals surface area (Å²) in [4.78, 5) is 34.7. The summed E-state index contributed by atoms with van der Waals surface area (Å²) in [5.74, 6) is 1.89. The van der Waals surface area contributed by atoms with Gasteiger partial charge in [-0.15, -0.1) is 0 Å². The second kappa shape index (κ2) is 7.58. The summed E-state index contributed by atoms with van der Waals surface area (Å²) in [5, 5.41) is 2.99. The van der Waals surface area contributed by atoms with Gasteiger partial charge in [-0.05, 0) is 44.2 Å². The summed E-state index contributed by atoms with van der Waals surface area (Å²) in [7, 11) is 1.64. The van der Waals surface area contributed by atoms with Crippen LogP contribution in [0.5, 0.6) is 5.75 Å². The Hall–Kier alpha value is -2.57. The average Bonchev–Trinajstić information content (AvgIpc) is 3.46. The predicted octanol–water partition coefficient (Wildman–Crippen LogP) is 2.02. The molecule has 4 rings (SSSR count). The summed E-state index contributed by atoms with van der Waals surface area (Å²) in [6, 6.07) is 5.39. The highest BCUT2D eigenvalue weighted by Crippen LogP contribution is 2.33. The molecule has 1 saturated carbocycles. The van der Waals surface area contributed by atoms with Crippen molar-refractivity contribution in [1.29, 1.82) is 0 Å². The van der Waals surface area contributed by atoms with Crippen LogP contribution < -0.4 is 10.1 Å². The van der Waals surface area contributed by atoms with Gasteiger partial charge in [0.2, 0.25) is 11.8 Å². The topological polar surface area (TPSA) is 87.3 Å². The van der Waals surface area contributed by atoms with Crippen molar-refractivity contribution in [3.05, 3.63) is 24.0 Å². The standard InChI is InChI=1S/C20H26N4O3/c1-27-14-7-8-15-16(12-14)23-18(22-15)9-10-21-19(25)17-4-2-3-11-24(17)20(26)13-5-6-13/h7-8,12-13,17H,2-6,9-11H2,1H3,(H,21,25)(H,22,23)/t17-/m1/s1. The predicted molar refractivity (Wildman–Crippen MR) is 101 cm³/mol. The lowest BCUT2D eigenvalue weighted by Crippen LogP contribution is -2.52. The number of benzene rings is 1. The summed E-state index contributed by atoms with van der Waals surface area (Å²) in [6.45, 7) is 1.20. The van der Waals surface area contributed by atoms with E-state index in [0.717, 1.165) is 54.7 Å². The lowest BCUT2D eigenvalue weighted by atomic mass is 10.0. The van der Waals surface area contributed by atoms with Gasteiger partial charge >= 0.3 is 0 Å². The second-order valence-electron chi connectivity index (χ2n) is 7.43. The highest BCUT2D eigenvalue weighted by Gasteiger charge is 2.39. The third kappa shape index (κ3) is 3.91. The van der Waals surface area contributed by atoms with Gasteiger partial charge in [0.25, 0.3) is 0 Å². The SMILES string of the molecule is COc1ccc2nc(CCNC(=O)[C@H]3CCCCN3C(=O)C3CC3)[nH]c2c1. The number of carbonyl (C=O) groups excluding carboxylic acids is 2. The maximum absolute atomic E-state index is 12.6. The van der Waals surface area contributed by atoms with E-state index in [1.165, 1.54) is 0 Å². The zero-order valence-corrected chi connectivity index (χ0v) is 15.7. The molecule has 2 aliphatic rings. The van der Waals surface area contributed by atoms with E-state index < -0.39 is 0 Å². The number of aromatic nitrogens is 2. The van der Waals surface area contributed by atoms with Crippen LogP contribution in [-0.2, 0) is 16.0 Å². The molecule has 1 aliphatic carbocycles. The minimum absolute atomic E-state index is 0.0403. The molecule has 2 heterocycles. The Kier molecular flexibility index (Phi) is 5.01. The van der Waals surface area contributed by atoms with Crippen molar-refractivity contribution in [2.45, 2.75) is 44.6 Å². The number of hydrogen-bond donors (Lipinski definition) is 2. The molecule has 1 atom stereocenters. The molecule has 1 saturated heterocycles. The summed E-state index contributed by atoms with van der Waals surface area (Å²) in [5.41, 5.74) is 1.80. The van der Waals surface area contributed by atoms with E-state index in [0.29, 0.717) is 19.5 Å². The van der Waals surface area contributed by atoms with Gasteiger partial charge in [0.05, 0.1) is 18.1 Å². The number of hydrogen-bond acceptors (Lipinski definition) is 4. The molecule has 2 aromatic rings. The molecule has 0 bridgehead atoms. The van der Waals surface area contributed by atoms with Crippen LogP contribution in [-0.4, -0.2) is 52.9 Å². The van der Waals surface area contributed by atoms with Gasteiger partial charge in [0.1, 0.15) is 17.6 Å². The van der Waals surface area contributed by atoms with Gasteiger partial charge in [-0.2, -0.15) is 0 Å². The number of imidazole rings is 1. The number of aromatic amines is 1. The van der Waals surface area contributed by atoms with E-state index in [-0.39, 0.29) is 23.8 Å².